The van der Waals surface area contributed by atoms with E-state index in [9.17, 15) is 0 Å². The Hall–Kier alpha value is -0.680. The summed E-state index contributed by atoms with van der Waals surface area (Å²) in [6.07, 6.45) is 2.83. The molecule has 0 aromatic carbocycles. The zero-order chi connectivity index (χ0) is 9.97. The molecule has 1 unspecified atom stereocenters. The van der Waals surface area contributed by atoms with Gasteiger partial charge in [-0.1, -0.05) is 0 Å². The zero-order valence-corrected chi connectivity index (χ0v) is 9.57. The average Bonchev–Trinajstić information content (AvgIpc) is 2.51. The van der Waals surface area contributed by atoms with Crippen molar-refractivity contribution >= 4 is 15.9 Å². The standard InChI is InChI=1S/C9H12BrN3O/c1-13-3-2-7(5-13)14-9-4-8(10)11-6-12-9/h4,6-7H,2-3,5H2,1H3. The molecule has 1 saturated heterocycles. The van der Waals surface area contributed by atoms with Crippen LogP contribution in [0.2, 0.25) is 0 Å². The molecule has 5 heteroatoms. The van der Waals surface area contributed by atoms with Gasteiger partial charge in [0.15, 0.2) is 0 Å². The Morgan fingerprint density at radius 3 is 3.07 bits per heavy atom. The highest BCUT2D eigenvalue weighted by atomic mass is 79.9. The van der Waals surface area contributed by atoms with E-state index >= 15 is 0 Å². The van der Waals surface area contributed by atoms with Gasteiger partial charge in [-0.3, -0.25) is 0 Å². The SMILES string of the molecule is CN1CCC(Oc2cc(Br)ncn2)C1. The maximum absolute atomic E-state index is 5.70. The minimum atomic E-state index is 0.266. The molecule has 0 bridgehead atoms. The number of hydrogen-bond acceptors (Lipinski definition) is 4. The second kappa shape index (κ2) is 4.23. The van der Waals surface area contributed by atoms with Gasteiger partial charge in [-0.25, -0.2) is 9.97 Å². The van der Waals surface area contributed by atoms with E-state index in [1.54, 1.807) is 6.07 Å². The van der Waals surface area contributed by atoms with E-state index in [2.05, 4.69) is 37.8 Å². The van der Waals surface area contributed by atoms with Gasteiger partial charge in [-0.15, -0.1) is 0 Å². The molecule has 0 saturated carbocycles. The summed E-state index contributed by atoms with van der Waals surface area (Å²) in [6, 6.07) is 1.79. The third kappa shape index (κ3) is 2.42. The molecular weight excluding hydrogens is 246 g/mol. The lowest BCUT2D eigenvalue weighted by atomic mass is 10.3. The summed E-state index contributed by atoms with van der Waals surface area (Å²) in [5, 5.41) is 0. The highest BCUT2D eigenvalue weighted by Gasteiger charge is 2.21. The van der Waals surface area contributed by atoms with Crippen molar-refractivity contribution in [3.63, 3.8) is 0 Å². The number of ether oxygens (including phenoxy) is 1. The van der Waals surface area contributed by atoms with Crippen molar-refractivity contribution in [2.45, 2.75) is 12.5 Å². The lowest BCUT2D eigenvalue weighted by molar-refractivity contribution is 0.199. The van der Waals surface area contributed by atoms with E-state index in [4.69, 9.17) is 4.74 Å². The quantitative estimate of drug-likeness (QED) is 0.750. The minimum Gasteiger partial charge on any atom is -0.473 e. The van der Waals surface area contributed by atoms with Gasteiger partial charge < -0.3 is 9.64 Å². The molecule has 1 fully saturated rings. The maximum Gasteiger partial charge on any atom is 0.217 e. The fraction of sp³-hybridized carbons (Fsp3) is 0.556. The fourth-order valence-corrected chi connectivity index (χ4v) is 1.83. The first-order valence-corrected chi connectivity index (χ1v) is 5.36. The number of likely N-dealkylation sites (N-methyl/N-ethyl adjacent to an activating group) is 1. The number of aromatic nitrogens is 2. The molecule has 1 atom stereocenters. The largest absolute Gasteiger partial charge is 0.473 e. The molecule has 0 aliphatic carbocycles. The van der Waals surface area contributed by atoms with Crippen LogP contribution in [0.4, 0.5) is 0 Å². The summed E-state index contributed by atoms with van der Waals surface area (Å²) in [4.78, 5) is 10.2. The van der Waals surface area contributed by atoms with Crippen LogP contribution in [-0.4, -0.2) is 41.1 Å². The molecule has 0 radical (unpaired) electrons. The lowest BCUT2D eigenvalue weighted by Crippen LogP contribution is -2.21. The minimum absolute atomic E-state index is 0.266. The van der Waals surface area contributed by atoms with Crippen molar-refractivity contribution in [2.75, 3.05) is 20.1 Å². The first kappa shape index (κ1) is 9.86. The maximum atomic E-state index is 5.70. The predicted octanol–water partition coefficient (Wildman–Crippen LogP) is 1.32. The van der Waals surface area contributed by atoms with Crippen molar-refractivity contribution in [2.24, 2.45) is 0 Å². The first-order chi connectivity index (χ1) is 6.74. The van der Waals surface area contributed by atoms with Gasteiger partial charge in [0.25, 0.3) is 0 Å². The molecule has 0 spiro atoms. The molecule has 1 aliphatic heterocycles. The topological polar surface area (TPSA) is 38.2 Å². The summed E-state index contributed by atoms with van der Waals surface area (Å²) in [6.45, 7) is 2.07. The Morgan fingerprint density at radius 1 is 1.57 bits per heavy atom. The Morgan fingerprint density at radius 2 is 2.43 bits per heavy atom. The van der Waals surface area contributed by atoms with Crippen molar-refractivity contribution < 1.29 is 4.74 Å². The second-order valence-corrected chi connectivity index (χ2v) is 4.28. The summed E-state index contributed by atoms with van der Waals surface area (Å²) >= 11 is 3.28. The van der Waals surface area contributed by atoms with E-state index in [1.165, 1.54) is 6.33 Å². The molecule has 2 heterocycles. The number of halogens is 1. The van der Waals surface area contributed by atoms with Crippen LogP contribution in [0.25, 0.3) is 0 Å². The summed E-state index contributed by atoms with van der Waals surface area (Å²) in [7, 11) is 2.10. The molecule has 2 rings (SSSR count). The van der Waals surface area contributed by atoms with Gasteiger partial charge in [0.2, 0.25) is 5.88 Å². The monoisotopic (exact) mass is 257 g/mol. The lowest BCUT2D eigenvalue weighted by Gasteiger charge is -2.12. The highest BCUT2D eigenvalue weighted by molar-refractivity contribution is 9.10. The third-order valence-electron chi connectivity index (χ3n) is 2.24. The number of hydrogen-bond donors (Lipinski definition) is 0. The van der Waals surface area contributed by atoms with E-state index in [0.717, 1.165) is 24.1 Å². The number of rotatable bonds is 2. The van der Waals surface area contributed by atoms with Crippen LogP contribution in [0, 0.1) is 0 Å². The van der Waals surface area contributed by atoms with Gasteiger partial charge >= 0.3 is 0 Å². The van der Waals surface area contributed by atoms with Crippen molar-refractivity contribution in [3.8, 4) is 5.88 Å². The van der Waals surface area contributed by atoms with E-state index in [0.29, 0.717) is 5.88 Å². The van der Waals surface area contributed by atoms with Gasteiger partial charge in [0, 0.05) is 19.2 Å². The summed E-state index contributed by atoms with van der Waals surface area (Å²) in [5.74, 6) is 0.646. The van der Waals surface area contributed by atoms with Gasteiger partial charge in [-0.05, 0) is 29.4 Å². The molecule has 0 N–H and O–H groups in total. The zero-order valence-electron chi connectivity index (χ0n) is 7.98. The van der Waals surface area contributed by atoms with Crippen molar-refractivity contribution in [1.29, 1.82) is 0 Å². The Kier molecular flexibility index (Phi) is 2.98. The Balaban J connectivity index is 1.97. The van der Waals surface area contributed by atoms with Crippen LogP contribution in [0.5, 0.6) is 5.88 Å². The van der Waals surface area contributed by atoms with Gasteiger partial charge in [0.05, 0.1) is 0 Å². The van der Waals surface area contributed by atoms with Crippen LogP contribution in [0.1, 0.15) is 6.42 Å². The molecule has 1 aromatic heterocycles. The molecule has 0 amide bonds. The van der Waals surface area contributed by atoms with Crippen LogP contribution in [-0.2, 0) is 0 Å². The van der Waals surface area contributed by atoms with Crippen molar-refractivity contribution in [1.82, 2.24) is 14.9 Å². The van der Waals surface area contributed by atoms with Gasteiger partial charge in [0.1, 0.15) is 17.0 Å². The fourth-order valence-electron chi connectivity index (χ4n) is 1.54. The van der Waals surface area contributed by atoms with E-state index in [-0.39, 0.29) is 6.10 Å². The normalized spacial score (nSPS) is 22.6. The van der Waals surface area contributed by atoms with Crippen LogP contribution in [0.3, 0.4) is 0 Å². The molecule has 76 valence electrons. The van der Waals surface area contributed by atoms with E-state index in [1.807, 2.05) is 0 Å². The smallest absolute Gasteiger partial charge is 0.217 e. The molecule has 1 aromatic rings. The Labute approximate surface area is 91.4 Å². The average molecular weight is 258 g/mol. The summed E-state index contributed by atoms with van der Waals surface area (Å²) in [5.41, 5.74) is 0. The predicted molar refractivity (Wildman–Crippen MR) is 56.3 cm³/mol. The molecule has 14 heavy (non-hydrogen) atoms. The summed E-state index contributed by atoms with van der Waals surface area (Å²) < 4.78 is 6.46. The Bertz CT molecular complexity index is 321. The number of nitrogens with zero attached hydrogens (tertiary/aromatic N) is 3. The van der Waals surface area contributed by atoms with Crippen molar-refractivity contribution in [3.05, 3.63) is 17.0 Å². The van der Waals surface area contributed by atoms with Gasteiger partial charge in [-0.2, -0.15) is 0 Å². The third-order valence-corrected chi connectivity index (χ3v) is 2.68. The highest BCUT2D eigenvalue weighted by Crippen LogP contribution is 2.17. The molecule has 1 aliphatic rings. The molecular formula is C9H12BrN3O. The van der Waals surface area contributed by atoms with Crippen LogP contribution < -0.4 is 4.74 Å². The van der Waals surface area contributed by atoms with E-state index < -0.39 is 0 Å². The molecule has 4 nitrogen and oxygen atoms in total. The first-order valence-electron chi connectivity index (χ1n) is 4.57. The second-order valence-electron chi connectivity index (χ2n) is 3.47. The van der Waals surface area contributed by atoms with Crippen LogP contribution in [0.15, 0.2) is 17.0 Å². The number of likely N-dealkylation sites (tertiary alicyclic amines) is 1. The van der Waals surface area contributed by atoms with Crippen LogP contribution >= 0.6 is 15.9 Å².